The summed E-state index contributed by atoms with van der Waals surface area (Å²) in [6.45, 7) is 4.44. The van der Waals surface area contributed by atoms with Crippen molar-refractivity contribution in [1.29, 1.82) is 0 Å². The summed E-state index contributed by atoms with van der Waals surface area (Å²) < 4.78 is 8.29. The number of benzene rings is 4. The topological polar surface area (TPSA) is 30.4 Å². The third-order valence-corrected chi connectivity index (χ3v) is 6.05. The number of nitrogens with zero attached hydrogens (tertiary/aromatic N) is 2. The molecule has 31 heavy (non-hydrogen) atoms. The molecule has 0 unspecified atom stereocenters. The maximum Gasteiger partial charge on any atom is 0.307 e. The van der Waals surface area contributed by atoms with Crippen molar-refractivity contribution in [2.75, 3.05) is 0 Å². The van der Waals surface area contributed by atoms with E-state index >= 15 is 0 Å². The quantitative estimate of drug-likeness (QED) is 0.304. The van der Waals surface area contributed by atoms with Crippen molar-refractivity contribution in [1.82, 2.24) is 9.38 Å². The summed E-state index contributed by atoms with van der Waals surface area (Å²) in [6, 6.07) is 31.8. The van der Waals surface area contributed by atoms with E-state index in [1.165, 1.54) is 16.3 Å². The van der Waals surface area contributed by atoms with E-state index in [4.69, 9.17) is 9.40 Å². The molecule has 0 saturated carbocycles. The number of rotatable bonds is 3. The molecule has 6 aromatic rings. The largest absolute Gasteiger partial charge is 0.423 e. The average Bonchev–Trinajstić information content (AvgIpc) is 3.35. The maximum atomic E-state index is 6.14. The molecule has 0 amide bonds. The van der Waals surface area contributed by atoms with Gasteiger partial charge in [0.05, 0.1) is 11.2 Å². The van der Waals surface area contributed by atoms with Crippen LogP contribution in [0.1, 0.15) is 25.3 Å². The molecule has 0 bridgehead atoms. The zero-order valence-corrected chi connectivity index (χ0v) is 17.5. The predicted molar refractivity (Wildman–Crippen MR) is 127 cm³/mol. The highest BCUT2D eigenvalue weighted by Crippen LogP contribution is 2.39. The Hall–Kier alpha value is -3.85. The van der Waals surface area contributed by atoms with Crippen LogP contribution in [0.3, 0.4) is 0 Å². The van der Waals surface area contributed by atoms with E-state index in [0.29, 0.717) is 11.8 Å². The van der Waals surface area contributed by atoms with Gasteiger partial charge in [0.15, 0.2) is 5.58 Å². The fraction of sp³-hybridized carbons (Fsp3) is 0.107. The van der Waals surface area contributed by atoms with E-state index in [2.05, 4.69) is 91.0 Å². The van der Waals surface area contributed by atoms with Crippen molar-refractivity contribution < 1.29 is 4.42 Å². The molecule has 0 aliphatic heterocycles. The number of imidazole rings is 1. The Labute approximate surface area is 180 Å². The summed E-state index contributed by atoms with van der Waals surface area (Å²) in [6.07, 6.45) is 0. The van der Waals surface area contributed by atoms with Gasteiger partial charge in [0.2, 0.25) is 0 Å². The number of hydrogen-bond donors (Lipinski definition) is 0. The highest BCUT2D eigenvalue weighted by atomic mass is 16.4. The second-order valence-electron chi connectivity index (χ2n) is 8.30. The van der Waals surface area contributed by atoms with Crippen molar-refractivity contribution in [3.05, 3.63) is 96.6 Å². The highest BCUT2D eigenvalue weighted by molar-refractivity contribution is 6.00. The first kappa shape index (κ1) is 18.0. The molecule has 150 valence electrons. The molecular formula is C28H22N2O. The number of fused-ring (bicyclic) bond motifs is 4. The summed E-state index contributed by atoms with van der Waals surface area (Å²) in [7, 11) is 0. The lowest BCUT2D eigenvalue weighted by atomic mass is 9.97. The molecule has 0 fully saturated rings. The summed E-state index contributed by atoms with van der Waals surface area (Å²) in [5.41, 5.74) is 7.45. The van der Waals surface area contributed by atoms with Gasteiger partial charge < -0.3 is 4.42 Å². The van der Waals surface area contributed by atoms with Crippen molar-refractivity contribution in [2.45, 2.75) is 19.8 Å². The molecule has 4 aromatic carbocycles. The maximum absolute atomic E-state index is 6.14. The lowest BCUT2D eigenvalue weighted by molar-refractivity contribution is 0.642. The molecule has 0 atom stereocenters. The Morgan fingerprint density at radius 1 is 0.774 bits per heavy atom. The van der Waals surface area contributed by atoms with Gasteiger partial charge in [-0.3, -0.25) is 4.40 Å². The molecule has 0 aliphatic carbocycles. The first-order chi connectivity index (χ1) is 15.2. The molecule has 3 nitrogen and oxygen atoms in total. The van der Waals surface area contributed by atoms with Crippen molar-refractivity contribution in [3.8, 4) is 22.5 Å². The van der Waals surface area contributed by atoms with Gasteiger partial charge in [-0.25, -0.2) is 0 Å². The Morgan fingerprint density at radius 2 is 1.52 bits per heavy atom. The fourth-order valence-electron chi connectivity index (χ4n) is 4.43. The Kier molecular flexibility index (Phi) is 3.97. The van der Waals surface area contributed by atoms with Crippen LogP contribution in [0.25, 0.3) is 50.2 Å². The standard InChI is InChI=1S/C28H22N2O/c1-18(2)19-14-16-21(17-15-19)27-26(23-11-7-9-20-8-3-4-10-22(20)23)29-28-30(27)24-12-5-6-13-25(24)31-28/h3-18H,1-2H3. The second kappa shape index (κ2) is 6.85. The average molecular weight is 402 g/mol. The van der Waals surface area contributed by atoms with E-state index in [9.17, 15) is 0 Å². The first-order valence-electron chi connectivity index (χ1n) is 10.7. The van der Waals surface area contributed by atoms with Gasteiger partial charge in [-0.1, -0.05) is 92.7 Å². The van der Waals surface area contributed by atoms with Crippen LogP contribution >= 0.6 is 0 Å². The van der Waals surface area contributed by atoms with E-state index in [0.717, 1.165) is 33.6 Å². The number of hydrogen-bond acceptors (Lipinski definition) is 2. The molecule has 0 aliphatic rings. The molecule has 0 N–H and O–H groups in total. The van der Waals surface area contributed by atoms with Crippen molar-refractivity contribution in [3.63, 3.8) is 0 Å². The SMILES string of the molecule is CC(C)c1ccc(-c2c(-c3cccc4ccccc34)nc3oc4ccccc4n23)cc1. The van der Waals surface area contributed by atoms with Crippen LogP contribution in [0, 0.1) is 0 Å². The van der Waals surface area contributed by atoms with E-state index < -0.39 is 0 Å². The lowest BCUT2D eigenvalue weighted by Crippen LogP contribution is -1.92. The molecule has 0 saturated heterocycles. The third kappa shape index (κ3) is 2.77. The zero-order chi connectivity index (χ0) is 20.9. The van der Waals surface area contributed by atoms with Gasteiger partial charge in [-0.15, -0.1) is 0 Å². The Balaban J connectivity index is 1.71. The van der Waals surface area contributed by atoms with Gasteiger partial charge in [0.25, 0.3) is 0 Å². The molecule has 0 radical (unpaired) electrons. The number of para-hydroxylation sites is 2. The lowest BCUT2D eigenvalue weighted by Gasteiger charge is -2.10. The van der Waals surface area contributed by atoms with Crippen LogP contribution in [0.5, 0.6) is 0 Å². The zero-order valence-electron chi connectivity index (χ0n) is 17.5. The summed E-state index contributed by atoms with van der Waals surface area (Å²) in [5.74, 6) is 1.11. The molecular weight excluding hydrogens is 380 g/mol. The predicted octanol–water partition coefficient (Wildman–Crippen LogP) is 7.69. The number of aromatic nitrogens is 2. The Morgan fingerprint density at radius 3 is 2.35 bits per heavy atom. The minimum Gasteiger partial charge on any atom is -0.423 e. The van der Waals surface area contributed by atoms with Gasteiger partial charge in [0.1, 0.15) is 5.69 Å². The van der Waals surface area contributed by atoms with Gasteiger partial charge in [-0.05, 0) is 34.4 Å². The monoisotopic (exact) mass is 402 g/mol. The van der Waals surface area contributed by atoms with E-state index in [-0.39, 0.29) is 0 Å². The van der Waals surface area contributed by atoms with Gasteiger partial charge in [0, 0.05) is 11.1 Å². The van der Waals surface area contributed by atoms with E-state index in [1.807, 2.05) is 18.2 Å². The summed E-state index contributed by atoms with van der Waals surface area (Å²) >= 11 is 0. The van der Waals surface area contributed by atoms with Crippen LogP contribution in [-0.2, 0) is 0 Å². The minimum atomic E-state index is 0.492. The van der Waals surface area contributed by atoms with Crippen LogP contribution in [0.2, 0.25) is 0 Å². The smallest absolute Gasteiger partial charge is 0.307 e. The molecule has 2 heterocycles. The second-order valence-corrected chi connectivity index (χ2v) is 8.30. The summed E-state index contributed by atoms with van der Waals surface area (Å²) in [5, 5.41) is 2.39. The molecule has 2 aromatic heterocycles. The minimum absolute atomic E-state index is 0.492. The Bertz CT molecular complexity index is 1550. The number of oxazole rings is 1. The van der Waals surface area contributed by atoms with Crippen molar-refractivity contribution >= 4 is 27.7 Å². The summed E-state index contributed by atoms with van der Waals surface area (Å²) in [4.78, 5) is 5.00. The first-order valence-corrected chi connectivity index (χ1v) is 10.7. The normalized spacial score (nSPS) is 11.8. The third-order valence-electron chi connectivity index (χ3n) is 6.05. The van der Waals surface area contributed by atoms with Crippen LogP contribution in [-0.4, -0.2) is 9.38 Å². The van der Waals surface area contributed by atoms with Crippen LogP contribution < -0.4 is 0 Å². The van der Waals surface area contributed by atoms with Gasteiger partial charge >= 0.3 is 5.84 Å². The van der Waals surface area contributed by atoms with Crippen molar-refractivity contribution in [2.24, 2.45) is 0 Å². The van der Waals surface area contributed by atoms with E-state index in [1.54, 1.807) is 0 Å². The van der Waals surface area contributed by atoms with Gasteiger partial charge in [-0.2, -0.15) is 4.98 Å². The fourth-order valence-corrected chi connectivity index (χ4v) is 4.43. The molecule has 0 spiro atoms. The molecule has 3 heteroatoms. The van der Waals surface area contributed by atoms with Crippen LogP contribution in [0.4, 0.5) is 0 Å². The molecule has 6 rings (SSSR count). The highest BCUT2D eigenvalue weighted by Gasteiger charge is 2.22. The van der Waals surface area contributed by atoms with Crippen LogP contribution in [0.15, 0.2) is 95.4 Å².